The molecule has 0 unspecified atom stereocenters. The van der Waals surface area contributed by atoms with Crippen LogP contribution in [-0.2, 0) is 24.3 Å². The Morgan fingerprint density at radius 3 is 2.46 bits per heavy atom. The van der Waals surface area contributed by atoms with Crippen molar-refractivity contribution in [3.05, 3.63) is 86.3 Å². The highest BCUT2D eigenvalue weighted by Gasteiger charge is 2.25. The molecule has 0 aliphatic carbocycles. The van der Waals surface area contributed by atoms with E-state index in [0.29, 0.717) is 41.6 Å². The molecule has 218 valence electrons. The smallest absolute Gasteiger partial charge is 0.333 e. The number of carbonyl (C=O) groups is 1. The van der Waals surface area contributed by atoms with Gasteiger partial charge in [0.15, 0.2) is 5.65 Å². The Bertz CT molecular complexity index is 1630. The number of aromatic nitrogens is 4. The summed E-state index contributed by atoms with van der Waals surface area (Å²) in [6, 6.07) is 15.1. The molecule has 0 saturated carbocycles. The summed E-state index contributed by atoms with van der Waals surface area (Å²) >= 11 is 0. The Labute approximate surface area is 242 Å². The second-order valence-electron chi connectivity index (χ2n) is 11.7. The standard InChI is InChI=1S/C31H41N5O4Si/c1-7-8-17-35-28-27(33-26(34-28)18-22-13-15-24(16-14-22)32-21(4)37)29(38)36(30(35)39)19-23-11-9-10-12-25(23)40-41-31(5,6)20(2)3/h9-16,20H,7-8,17-19,41H2,1-6H3,(H,32,37)(H,33,34). The van der Waals surface area contributed by atoms with Crippen LogP contribution in [-0.4, -0.2) is 34.8 Å². The Balaban J connectivity index is 1.70. The number of hydrogen-bond acceptors (Lipinski definition) is 5. The molecular weight excluding hydrogens is 534 g/mol. The molecular formula is C31H41N5O4Si. The second kappa shape index (κ2) is 12.7. The summed E-state index contributed by atoms with van der Waals surface area (Å²) in [7, 11) is -0.931. The number of aromatic amines is 1. The van der Waals surface area contributed by atoms with E-state index in [1.807, 2.05) is 48.5 Å². The van der Waals surface area contributed by atoms with Gasteiger partial charge in [-0.25, -0.2) is 9.78 Å². The highest BCUT2D eigenvalue weighted by Crippen LogP contribution is 2.33. The molecule has 0 aliphatic rings. The van der Waals surface area contributed by atoms with E-state index in [0.717, 1.165) is 29.7 Å². The fraction of sp³-hybridized carbons (Fsp3) is 0.419. The number of unbranched alkanes of at least 4 members (excludes halogenated alkanes) is 1. The summed E-state index contributed by atoms with van der Waals surface area (Å²) in [5, 5.41) is 2.86. The van der Waals surface area contributed by atoms with Gasteiger partial charge in [0, 0.05) is 31.1 Å². The van der Waals surface area contributed by atoms with Crippen molar-refractivity contribution < 1.29 is 9.22 Å². The van der Waals surface area contributed by atoms with E-state index in [-0.39, 0.29) is 23.2 Å². The van der Waals surface area contributed by atoms with Crippen LogP contribution in [0.2, 0.25) is 5.04 Å². The zero-order chi connectivity index (χ0) is 29.7. The van der Waals surface area contributed by atoms with Crippen LogP contribution >= 0.6 is 0 Å². The van der Waals surface area contributed by atoms with Crippen molar-refractivity contribution in [3.8, 4) is 5.75 Å². The zero-order valence-corrected chi connectivity index (χ0v) is 26.3. The van der Waals surface area contributed by atoms with E-state index < -0.39 is 15.3 Å². The Morgan fingerprint density at radius 1 is 1.10 bits per heavy atom. The van der Waals surface area contributed by atoms with Crippen LogP contribution in [0.25, 0.3) is 11.2 Å². The largest absolute Gasteiger partial charge is 0.549 e. The van der Waals surface area contributed by atoms with Crippen LogP contribution in [0.3, 0.4) is 0 Å². The average molecular weight is 576 g/mol. The van der Waals surface area contributed by atoms with Crippen molar-refractivity contribution >= 4 is 32.5 Å². The van der Waals surface area contributed by atoms with E-state index in [9.17, 15) is 14.4 Å². The first-order valence-electron chi connectivity index (χ1n) is 14.3. The lowest BCUT2D eigenvalue weighted by molar-refractivity contribution is -0.114. The van der Waals surface area contributed by atoms with Crippen LogP contribution in [0.4, 0.5) is 5.69 Å². The third-order valence-corrected chi connectivity index (χ3v) is 9.77. The predicted octanol–water partition coefficient (Wildman–Crippen LogP) is 4.60. The normalized spacial score (nSPS) is 12.1. The Kier molecular flexibility index (Phi) is 9.32. The van der Waals surface area contributed by atoms with Crippen molar-refractivity contribution in [1.29, 1.82) is 0 Å². The number of benzene rings is 2. The fourth-order valence-corrected chi connectivity index (χ4v) is 5.58. The lowest BCUT2D eigenvalue weighted by Crippen LogP contribution is -2.40. The molecule has 4 rings (SSSR count). The number of nitrogens with one attached hydrogen (secondary N) is 2. The van der Waals surface area contributed by atoms with Crippen LogP contribution in [0, 0.1) is 5.92 Å². The number of amides is 1. The second-order valence-corrected chi connectivity index (χ2v) is 14.1. The highest BCUT2D eigenvalue weighted by atomic mass is 28.2. The van der Waals surface area contributed by atoms with E-state index in [1.165, 1.54) is 11.5 Å². The van der Waals surface area contributed by atoms with E-state index in [2.05, 4.69) is 44.9 Å². The SMILES string of the molecule is CCCCn1c(=O)n(Cc2ccccc2O[SiH2]C(C)(C)C(C)C)c(=O)c2[nH]c(Cc3ccc(NC(C)=O)cc3)nc21. The third-order valence-electron chi connectivity index (χ3n) is 7.76. The number of hydrogen-bond donors (Lipinski definition) is 2. The van der Waals surface area contributed by atoms with Gasteiger partial charge in [0.1, 0.15) is 17.1 Å². The van der Waals surface area contributed by atoms with Gasteiger partial charge in [0.25, 0.3) is 5.56 Å². The minimum atomic E-state index is -0.931. The number of H-pyrrole nitrogens is 1. The Morgan fingerprint density at radius 2 is 1.80 bits per heavy atom. The summed E-state index contributed by atoms with van der Waals surface area (Å²) in [4.78, 5) is 46.7. The van der Waals surface area contributed by atoms with Crippen molar-refractivity contribution in [2.24, 2.45) is 5.92 Å². The molecule has 41 heavy (non-hydrogen) atoms. The summed E-state index contributed by atoms with van der Waals surface area (Å²) in [6.45, 7) is 13.0. The topological polar surface area (TPSA) is 111 Å². The van der Waals surface area contributed by atoms with Crippen LogP contribution in [0.15, 0.2) is 58.1 Å². The van der Waals surface area contributed by atoms with Crippen molar-refractivity contribution in [1.82, 2.24) is 19.1 Å². The predicted molar refractivity (Wildman–Crippen MR) is 167 cm³/mol. The molecule has 0 radical (unpaired) electrons. The number of fused-ring (bicyclic) bond motifs is 1. The van der Waals surface area contributed by atoms with Gasteiger partial charge in [-0.15, -0.1) is 0 Å². The molecule has 2 aromatic carbocycles. The molecule has 10 heteroatoms. The maximum atomic E-state index is 13.7. The van der Waals surface area contributed by atoms with Gasteiger partial charge in [-0.05, 0) is 41.1 Å². The molecule has 2 aromatic heterocycles. The monoisotopic (exact) mass is 575 g/mol. The number of aryl methyl sites for hydroxylation is 1. The summed E-state index contributed by atoms with van der Waals surface area (Å²) in [6.07, 6.45) is 2.14. The summed E-state index contributed by atoms with van der Waals surface area (Å²) in [5.41, 5.74) is 2.40. The minimum absolute atomic E-state index is 0.103. The van der Waals surface area contributed by atoms with Crippen LogP contribution in [0.1, 0.15) is 71.3 Å². The summed E-state index contributed by atoms with van der Waals surface area (Å²) < 4.78 is 9.27. The summed E-state index contributed by atoms with van der Waals surface area (Å²) in [5.74, 6) is 1.68. The third kappa shape index (κ3) is 7.05. The van der Waals surface area contributed by atoms with E-state index >= 15 is 0 Å². The number of nitrogens with zero attached hydrogens (tertiary/aromatic N) is 3. The maximum Gasteiger partial charge on any atom is 0.333 e. The van der Waals surface area contributed by atoms with Gasteiger partial charge in [0.2, 0.25) is 15.7 Å². The quantitative estimate of drug-likeness (QED) is 0.240. The van der Waals surface area contributed by atoms with Gasteiger partial charge in [-0.2, -0.15) is 0 Å². The van der Waals surface area contributed by atoms with Crippen molar-refractivity contribution in [3.63, 3.8) is 0 Å². The molecule has 0 spiro atoms. The molecule has 4 aromatic rings. The number of imidazole rings is 1. The molecule has 2 heterocycles. The first-order chi connectivity index (χ1) is 19.5. The van der Waals surface area contributed by atoms with E-state index in [4.69, 9.17) is 9.41 Å². The molecule has 9 nitrogen and oxygen atoms in total. The van der Waals surface area contributed by atoms with Crippen molar-refractivity contribution in [2.75, 3.05) is 5.32 Å². The van der Waals surface area contributed by atoms with Gasteiger partial charge in [0.05, 0.1) is 6.54 Å². The molecule has 0 saturated heterocycles. The molecule has 2 N–H and O–H groups in total. The van der Waals surface area contributed by atoms with Gasteiger partial charge in [-0.3, -0.25) is 18.7 Å². The highest BCUT2D eigenvalue weighted by molar-refractivity contribution is 6.33. The number of rotatable bonds is 12. The number of para-hydroxylation sites is 1. The van der Waals surface area contributed by atoms with Gasteiger partial charge < -0.3 is 14.7 Å². The first kappa shape index (κ1) is 30.0. The molecule has 0 aliphatic heterocycles. The average Bonchev–Trinajstić information content (AvgIpc) is 3.35. The molecule has 0 bridgehead atoms. The lowest BCUT2D eigenvalue weighted by atomic mass is 9.99. The zero-order valence-electron chi connectivity index (χ0n) is 24.9. The van der Waals surface area contributed by atoms with Gasteiger partial charge >= 0.3 is 5.69 Å². The molecule has 0 fully saturated rings. The molecule has 1 amide bonds. The molecule has 0 atom stereocenters. The van der Waals surface area contributed by atoms with Crippen LogP contribution in [0.5, 0.6) is 5.75 Å². The minimum Gasteiger partial charge on any atom is -0.549 e. The number of carbonyl (C=O) groups excluding carboxylic acids is 1. The fourth-order valence-electron chi connectivity index (χ4n) is 4.43. The van der Waals surface area contributed by atoms with E-state index in [1.54, 1.807) is 4.57 Å². The maximum absolute atomic E-state index is 13.7. The Hall–Kier alpha value is -3.92. The van der Waals surface area contributed by atoms with Gasteiger partial charge in [-0.1, -0.05) is 71.4 Å². The number of anilines is 1. The van der Waals surface area contributed by atoms with Crippen LogP contribution < -0.4 is 21.0 Å². The van der Waals surface area contributed by atoms with Crippen molar-refractivity contribution in [2.45, 2.75) is 78.9 Å². The lowest BCUT2D eigenvalue weighted by Gasteiger charge is -2.28. The first-order valence-corrected chi connectivity index (χ1v) is 15.6.